The Morgan fingerprint density at radius 2 is 2.15 bits per heavy atom. The van der Waals surface area contributed by atoms with Gasteiger partial charge in [0.1, 0.15) is 0 Å². The molecule has 4 nitrogen and oxygen atoms in total. The van der Waals surface area contributed by atoms with Gasteiger partial charge in [-0.3, -0.25) is 4.79 Å². The summed E-state index contributed by atoms with van der Waals surface area (Å²) >= 11 is 6.23. The number of amides is 1. The number of likely N-dealkylation sites (N-methyl/N-ethyl adjacent to an activating group) is 1. The smallest absolute Gasteiger partial charge is 0.253 e. The molecule has 5 heteroatoms. The van der Waals surface area contributed by atoms with Crippen LogP contribution in [-0.4, -0.2) is 55.5 Å². The van der Waals surface area contributed by atoms with Gasteiger partial charge in [0.15, 0.2) is 0 Å². The second kappa shape index (κ2) is 6.02. The number of carbonyl (C=O) groups is 1. The Balaban J connectivity index is 2.15. The van der Waals surface area contributed by atoms with Gasteiger partial charge in [-0.2, -0.15) is 0 Å². The molecule has 2 atom stereocenters. The molecule has 2 unspecified atom stereocenters. The van der Waals surface area contributed by atoms with Crippen molar-refractivity contribution in [2.45, 2.75) is 25.4 Å². The van der Waals surface area contributed by atoms with Crippen molar-refractivity contribution in [3.63, 3.8) is 0 Å². The lowest BCUT2D eigenvalue weighted by molar-refractivity contribution is 0.0827. The first-order valence-corrected chi connectivity index (χ1v) is 7.24. The van der Waals surface area contributed by atoms with E-state index >= 15 is 0 Å². The van der Waals surface area contributed by atoms with Gasteiger partial charge in [-0.25, -0.2) is 0 Å². The molecular formula is C15H22ClN3O. The Hall–Kier alpha value is -1.26. The summed E-state index contributed by atoms with van der Waals surface area (Å²) in [7, 11) is 5.62. The third kappa shape index (κ3) is 3.25. The summed E-state index contributed by atoms with van der Waals surface area (Å²) in [6.45, 7) is 3.21. The molecule has 1 saturated heterocycles. The Morgan fingerprint density at radius 3 is 2.70 bits per heavy atom. The van der Waals surface area contributed by atoms with Crippen molar-refractivity contribution in [3.05, 3.63) is 28.8 Å². The van der Waals surface area contributed by atoms with Crippen LogP contribution >= 0.6 is 11.6 Å². The number of likely N-dealkylation sites (tertiary alicyclic amines) is 1. The number of hydrogen-bond acceptors (Lipinski definition) is 3. The van der Waals surface area contributed by atoms with Gasteiger partial charge in [0, 0.05) is 38.3 Å². The van der Waals surface area contributed by atoms with E-state index in [1.54, 1.807) is 31.1 Å². The number of nitrogens with one attached hydrogen (secondary N) is 1. The average molecular weight is 296 g/mol. The Morgan fingerprint density at radius 1 is 1.45 bits per heavy atom. The molecule has 20 heavy (non-hydrogen) atoms. The van der Waals surface area contributed by atoms with Crippen LogP contribution in [0, 0.1) is 0 Å². The zero-order valence-corrected chi connectivity index (χ0v) is 13.2. The van der Waals surface area contributed by atoms with Gasteiger partial charge in [-0.15, -0.1) is 0 Å². The zero-order valence-electron chi connectivity index (χ0n) is 12.5. The van der Waals surface area contributed by atoms with Crippen LogP contribution in [0.4, 0.5) is 5.69 Å². The highest BCUT2D eigenvalue weighted by molar-refractivity contribution is 6.33. The Kier molecular flexibility index (Phi) is 4.55. The van der Waals surface area contributed by atoms with E-state index in [1.807, 2.05) is 6.07 Å². The van der Waals surface area contributed by atoms with Crippen molar-refractivity contribution >= 4 is 23.2 Å². The van der Waals surface area contributed by atoms with Gasteiger partial charge in [0.05, 0.1) is 10.7 Å². The van der Waals surface area contributed by atoms with Crippen molar-refractivity contribution in [2.75, 3.05) is 33.0 Å². The van der Waals surface area contributed by atoms with Gasteiger partial charge >= 0.3 is 0 Å². The van der Waals surface area contributed by atoms with Crippen LogP contribution in [0.25, 0.3) is 0 Å². The van der Waals surface area contributed by atoms with Crippen LogP contribution in [0.15, 0.2) is 18.2 Å². The summed E-state index contributed by atoms with van der Waals surface area (Å²) in [5.74, 6) is -0.0124. The number of anilines is 1. The highest BCUT2D eigenvalue weighted by atomic mass is 35.5. The fourth-order valence-corrected chi connectivity index (χ4v) is 2.72. The molecule has 1 heterocycles. The highest BCUT2D eigenvalue weighted by Crippen LogP contribution is 2.27. The molecule has 110 valence electrons. The maximum absolute atomic E-state index is 12.0. The van der Waals surface area contributed by atoms with E-state index in [4.69, 9.17) is 11.6 Å². The third-order valence-electron chi connectivity index (χ3n) is 3.87. The second-order valence-electron chi connectivity index (χ2n) is 5.76. The minimum Gasteiger partial charge on any atom is -0.380 e. The molecule has 1 fully saturated rings. The predicted octanol–water partition coefficient (Wildman–Crippen LogP) is 2.55. The number of hydrogen-bond donors (Lipinski definition) is 1. The molecule has 0 spiro atoms. The Bertz CT molecular complexity index is 494. The topological polar surface area (TPSA) is 35.6 Å². The largest absolute Gasteiger partial charge is 0.380 e. The quantitative estimate of drug-likeness (QED) is 0.931. The summed E-state index contributed by atoms with van der Waals surface area (Å²) in [4.78, 5) is 15.9. The van der Waals surface area contributed by atoms with E-state index in [-0.39, 0.29) is 5.91 Å². The zero-order chi connectivity index (χ0) is 14.9. The highest BCUT2D eigenvalue weighted by Gasteiger charge is 2.26. The molecule has 1 N–H and O–H groups in total. The summed E-state index contributed by atoms with van der Waals surface area (Å²) in [5.41, 5.74) is 1.49. The normalized spacial score (nSPS) is 22.9. The number of halogens is 1. The lowest BCUT2D eigenvalue weighted by Gasteiger charge is -2.17. The Labute approximate surface area is 125 Å². The molecule has 1 aliphatic rings. The summed E-state index contributed by atoms with van der Waals surface area (Å²) in [6.07, 6.45) is 1.08. The van der Waals surface area contributed by atoms with Gasteiger partial charge in [-0.05, 0) is 38.6 Å². The number of benzene rings is 1. The molecular weight excluding hydrogens is 274 g/mol. The number of carbonyl (C=O) groups excluding carboxylic acids is 1. The summed E-state index contributed by atoms with van der Waals surface area (Å²) < 4.78 is 0. The van der Waals surface area contributed by atoms with Crippen LogP contribution in [-0.2, 0) is 0 Å². The van der Waals surface area contributed by atoms with Crippen molar-refractivity contribution < 1.29 is 4.79 Å². The first-order chi connectivity index (χ1) is 9.38. The minimum atomic E-state index is -0.0124. The van der Waals surface area contributed by atoms with Crippen molar-refractivity contribution in [3.8, 4) is 0 Å². The molecule has 1 amide bonds. The van der Waals surface area contributed by atoms with Crippen LogP contribution in [0.3, 0.4) is 0 Å². The average Bonchev–Trinajstić information content (AvgIpc) is 2.70. The third-order valence-corrected chi connectivity index (χ3v) is 4.20. The van der Waals surface area contributed by atoms with Gasteiger partial charge in [-0.1, -0.05) is 11.6 Å². The van der Waals surface area contributed by atoms with Gasteiger partial charge in [0.25, 0.3) is 5.91 Å². The molecule has 1 aliphatic heterocycles. The van der Waals surface area contributed by atoms with E-state index < -0.39 is 0 Å². The number of rotatable bonds is 3. The van der Waals surface area contributed by atoms with E-state index in [2.05, 4.69) is 24.2 Å². The molecule has 1 aromatic rings. The number of nitrogens with zero attached hydrogens (tertiary/aromatic N) is 2. The van der Waals surface area contributed by atoms with E-state index in [0.717, 1.165) is 18.7 Å². The van der Waals surface area contributed by atoms with Crippen molar-refractivity contribution in [1.29, 1.82) is 0 Å². The maximum atomic E-state index is 12.0. The minimum absolute atomic E-state index is 0.0124. The van der Waals surface area contributed by atoms with E-state index in [9.17, 15) is 4.79 Å². The first-order valence-electron chi connectivity index (χ1n) is 6.86. The predicted molar refractivity (Wildman–Crippen MR) is 83.6 cm³/mol. The molecule has 0 bridgehead atoms. The lowest BCUT2D eigenvalue weighted by atomic mass is 10.1. The SMILES string of the molecule is CC1CC(Nc2cc(C(=O)N(C)C)ccc2Cl)CN1C. The van der Waals surface area contributed by atoms with E-state index in [1.165, 1.54) is 0 Å². The monoisotopic (exact) mass is 295 g/mol. The maximum Gasteiger partial charge on any atom is 0.253 e. The lowest BCUT2D eigenvalue weighted by Crippen LogP contribution is -2.25. The van der Waals surface area contributed by atoms with Crippen molar-refractivity contribution in [2.24, 2.45) is 0 Å². The molecule has 0 aromatic heterocycles. The van der Waals surface area contributed by atoms with Crippen LogP contribution < -0.4 is 5.32 Å². The van der Waals surface area contributed by atoms with E-state index in [0.29, 0.717) is 22.7 Å². The van der Waals surface area contributed by atoms with Gasteiger partial charge in [0.2, 0.25) is 0 Å². The molecule has 0 aliphatic carbocycles. The molecule has 0 radical (unpaired) electrons. The van der Waals surface area contributed by atoms with Gasteiger partial charge < -0.3 is 15.1 Å². The molecule has 1 aromatic carbocycles. The second-order valence-corrected chi connectivity index (χ2v) is 6.17. The summed E-state index contributed by atoms with van der Waals surface area (Å²) in [5, 5.41) is 4.11. The fraction of sp³-hybridized carbons (Fsp3) is 0.533. The van der Waals surface area contributed by atoms with Crippen LogP contribution in [0.2, 0.25) is 5.02 Å². The van der Waals surface area contributed by atoms with Crippen LogP contribution in [0.5, 0.6) is 0 Å². The molecule has 2 rings (SSSR count). The summed E-state index contributed by atoms with van der Waals surface area (Å²) in [6, 6.07) is 6.32. The standard InChI is InChI=1S/C15H22ClN3O/c1-10-7-12(9-19(10)4)17-14-8-11(5-6-13(14)16)15(20)18(2)3/h5-6,8,10,12,17H,7,9H2,1-4H3. The van der Waals surface area contributed by atoms with Crippen molar-refractivity contribution in [1.82, 2.24) is 9.80 Å². The first kappa shape index (κ1) is 15.1. The fourth-order valence-electron chi connectivity index (χ4n) is 2.55. The van der Waals surface area contributed by atoms with Crippen LogP contribution in [0.1, 0.15) is 23.7 Å². The molecule has 0 saturated carbocycles.